The Morgan fingerprint density at radius 1 is 1.06 bits per heavy atom. The van der Waals surface area contributed by atoms with Crippen LogP contribution in [0.1, 0.15) is 25.3 Å². The van der Waals surface area contributed by atoms with E-state index in [9.17, 15) is 0 Å². The summed E-state index contributed by atoms with van der Waals surface area (Å²) in [4.78, 5) is 0. The van der Waals surface area contributed by atoms with E-state index in [4.69, 9.17) is 5.73 Å². The second-order valence-electron chi connectivity index (χ2n) is 4.34. The minimum absolute atomic E-state index is 0.371. The quantitative estimate of drug-likeness (QED) is 0.702. The van der Waals surface area contributed by atoms with Gasteiger partial charge in [-0.15, -0.1) is 0 Å². The van der Waals surface area contributed by atoms with Crippen molar-refractivity contribution in [1.82, 2.24) is 0 Å². The summed E-state index contributed by atoms with van der Waals surface area (Å²) in [5.74, 6) is 0.371. The van der Waals surface area contributed by atoms with Gasteiger partial charge >= 0.3 is 0 Å². The molecule has 0 fully saturated rings. The Hall–Kier alpha value is -1.76. The molecule has 1 heteroatoms. The number of rotatable bonds is 1. The summed E-state index contributed by atoms with van der Waals surface area (Å²) in [6.45, 7) is 4.31. The normalized spacial score (nSPS) is 18.9. The average molecular weight is 211 g/mol. The lowest BCUT2D eigenvalue weighted by Gasteiger charge is -2.19. The summed E-state index contributed by atoms with van der Waals surface area (Å²) in [5, 5.41) is 0. The maximum Gasteiger partial charge on any atom is 0.0314 e. The zero-order valence-electron chi connectivity index (χ0n) is 9.77. The number of hydrogen-bond acceptors (Lipinski definition) is 1. The Kier molecular flexibility index (Phi) is 2.95. The fourth-order valence-corrected chi connectivity index (χ4v) is 2.01. The molecule has 0 saturated carbocycles. The van der Waals surface area contributed by atoms with Crippen LogP contribution < -0.4 is 5.73 Å². The van der Waals surface area contributed by atoms with Crippen LogP contribution in [-0.2, 0) is 0 Å². The Labute approximate surface area is 97.0 Å². The van der Waals surface area contributed by atoms with E-state index in [0.717, 1.165) is 5.69 Å². The van der Waals surface area contributed by atoms with E-state index in [1.807, 2.05) is 12.1 Å². The van der Waals surface area contributed by atoms with Crippen LogP contribution in [0.25, 0.3) is 0 Å². The summed E-state index contributed by atoms with van der Waals surface area (Å²) < 4.78 is 0. The van der Waals surface area contributed by atoms with Crippen molar-refractivity contribution >= 4 is 5.69 Å². The molecule has 0 aliphatic heterocycles. The van der Waals surface area contributed by atoms with Crippen molar-refractivity contribution in [3.63, 3.8) is 0 Å². The number of allylic oxidation sites excluding steroid dienone is 6. The molecule has 0 radical (unpaired) electrons. The Balaban J connectivity index is 2.40. The zero-order chi connectivity index (χ0) is 11.5. The van der Waals surface area contributed by atoms with E-state index in [1.165, 1.54) is 16.7 Å². The minimum atomic E-state index is 0.371. The Morgan fingerprint density at radius 2 is 1.75 bits per heavy atom. The highest BCUT2D eigenvalue weighted by molar-refractivity contribution is 5.48. The molecule has 1 aliphatic rings. The first-order valence-electron chi connectivity index (χ1n) is 5.56. The smallest absolute Gasteiger partial charge is 0.0314 e. The first-order valence-corrected chi connectivity index (χ1v) is 5.56. The molecule has 1 unspecified atom stereocenters. The molecule has 1 nitrogen and oxygen atoms in total. The highest BCUT2D eigenvalue weighted by atomic mass is 14.5. The molecule has 16 heavy (non-hydrogen) atoms. The molecule has 0 amide bonds. The van der Waals surface area contributed by atoms with Gasteiger partial charge in [0.1, 0.15) is 0 Å². The molecule has 2 N–H and O–H groups in total. The second-order valence-corrected chi connectivity index (χ2v) is 4.34. The molecule has 82 valence electrons. The van der Waals surface area contributed by atoms with Crippen molar-refractivity contribution in [2.45, 2.75) is 19.8 Å². The number of nitrogen functional groups attached to an aromatic ring is 1. The summed E-state index contributed by atoms with van der Waals surface area (Å²) in [7, 11) is 0. The monoisotopic (exact) mass is 211 g/mol. The van der Waals surface area contributed by atoms with Gasteiger partial charge in [-0.2, -0.15) is 0 Å². The van der Waals surface area contributed by atoms with Crippen LogP contribution in [0.5, 0.6) is 0 Å². The first-order chi connectivity index (χ1) is 7.68. The lowest BCUT2D eigenvalue weighted by molar-refractivity contribution is 0.988. The molecular formula is C15H17N. The number of hydrogen-bond donors (Lipinski definition) is 1. The zero-order valence-corrected chi connectivity index (χ0v) is 9.77. The van der Waals surface area contributed by atoms with Crippen molar-refractivity contribution in [2.24, 2.45) is 0 Å². The largest absolute Gasteiger partial charge is 0.399 e. The third-order valence-electron chi connectivity index (χ3n) is 2.90. The van der Waals surface area contributed by atoms with E-state index in [1.54, 1.807) is 0 Å². The SMILES string of the molecule is CC(C)=C1C=CC=CC1c1ccc(N)cc1. The summed E-state index contributed by atoms with van der Waals surface area (Å²) in [5.41, 5.74) is 10.6. The van der Waals surface area contributed by atoms with Crippen molar-refractivity contribution < 1.29 is 0 Å². The number of benzene rings is 1. The van der Waals surface area contributed by atoms with Gasteiger partial charge in [0.15, 0.2) is 0 Å². The third kappa shape index (κ3) is 2.08. The van der Waals surface area contributed by atoms with Gasteiger partial charge in [0.05, 0.1) is 0 Å². The standard InChI is InChI=1S/C15H17N/c1-11(2)14-5-3-4-6-15(14)12-7-9-13(16)10-8-12/h3-10,15H,16H2,1-2H3. The van der Waals surface area contributed by atoms with Gasteiger partial charge < -0.3 is 5.73 Å². The molecule has 1 aliphatic carbocycles. The van der Waals surface area contributed by atoms with E-state index in [0.29, 0.717) is 5.92 Å². The van der Waals surface area contributed by atoms with E-state index >= 15 is 0 Å². The van der Waals surface area contributed by atoms with Gasteiger partial charge in [0.2, 0.25) is 0 Å². The van der Waals surface area contributed by atoms with Gasteiger partial charge in [0.25, 0.3) is 0 Å². The summed E-state index contributed by atoms with van der Waals surface area (Å²) >= 11 is 0. The minimum Gasteiger partial charge on any atom is -0.399 e. The molecule has 2 rings (SSSR count). The van der Waals surface area contributed by atoms with Crippen LogP contribution in [0, 0.1) is 0 Å². The molecule has 0 aromatic heterocycles. The maximum atomic E-state index is 5.71. The Morgan fingerprint density at radius 3 is 2.38 bits per heavy atom. The Bertz CT molecular complexity index is 457. The van der Waals surface area contributed by atoms with Crippen molar-refractivity contribution in [1.29, 1.82) is 0 Å². The molecule has 0 bridgehead atoms. The van der Waals surface area contributed by atoms with E-state index in [2.05, 4.69) is 50.3 Å². The van der Waals surface area contributed by atoms with Crippen LogP contribution in [0.3, 0.4) is 0 Å². The van der Waals surface area contributed by atoms with Gasteiger partial charge in [-0.3, -0.25) is 0 Å². The lowest BCUT2D eigenvalue weighted by atomic mass is 9.85. The highest BCUT2D eigenvalue weighted by Crippen LogP contribution is 2.31. The number of anilines is 1. The average Bonchev–Trinajstić information content (AvgIpc) is 2.30. The lowest BCUT2D eigenvalue weighted by Crippen LogP contribution is -2.02. The van der Waals surface area contributed by atoms with Gasteiger partial charge in [-0.25, -0.2) is 0 Å². The van der Waals surface area contributed by atoms with Crippen LogP contribution in [0.2, 0.25) is 0 Å². The first kappa shape index (κ1) is 10.7. The number of nitrogens with two attached hydrogens (primary N) is 1. The van der Waals surface area contributed by atoms with Crippen molar-refractivity contribution in [2.75, 3.05) is 5.73 Å². The van der Waals surface area contributed by atoms with E-state index < -0.39 is 0 Å². The van der Waals surface area contributed by atoms with Gasteiger partial charge in [-0.1, -0.05) is 42.0 Å². The van der Waals surface area contributed by atoms with Crippen LogP contribution in [-0.4, -0.2) is 0 Å². The van der Waals surface area contributed by atoms with Crippen LogP contribution >= 0.6 is 0 Å². The molecule has 0 heterocycles. The highest BCUT2D eigenvalue weighted by Gasteiger charge is 2.14. The van der Waals surface area contributed by atoms with Crippen LogP contribution in [0.4, 0.5) is 5.69 Å². The predicted molar refractivity (Wildman–Crippen MR) is 70.2 cm³/mol. The predicted octanol–water partition coefficient (Wildman–Crippen LogP) is 3.81. The fourth-order valence-electron chi connectivity index (χ4n) is 2.01. The van der Waals surface area contributed by atoms with E-state index in [-0.39, 0.29) is 0 Å². The second kappa shape index (κ2) is 4.40. The molecule has 1 aromatic carbocycles. The topological polar surface area (TPSA) is 26.0 Å². The third-order valence-corrected chi connectivity index (χ3v) is 2.90. The fraction of sp³-hybridized carbons (Fsp3) is 0.200. The van der Waals surface area contributed by atoms with Gasteiger partial charge in [0, 0.05) is 11.6 Å². The molecule has 1 aromatic rings. The molecular weight excluding hydrogens is 194 g/mol. The van der Waals surface area contributed by atoms with Crippen LogP contribution in [0.15, 0.2) is 59.7 Å². The molecule has 0 spiro atoms. The van der Waals surface area contributed by atoms with Gasteiger partial charge in [-0.05, 0) is 37.1 Å². The van der Waals surface area contributed by atoms with Crippen molar-refractivity contribution in [3.05, 3.63) is 65.3 Å². The summed E-state index contributed by atoms with van der Waals surface area (Å²) in [6.07, 6.45) is 8.62. The maximum absolute atomic E-state index is 5.71. The van der Waals surface area contributed by atoms with Crippen molar-refractivity contribution in [3.8, 4) is 0 Å². The molecule has 0 saturated heterocycles. The molecule has 1 atom stereocenters. The summed E-state index contributed by atoms with van der Waals surface area (Å²) in [6, 6.07) is 8.13.